The predicted octanol–water partition coefficient (Wildman–Crippen LogP) is 3.41. The van der Waals surface area contributed by atoms with Gasteiger partial charge in [0.15, 0.2) is 0 Å². The summed E-state index contributed by atoms with van der Waals surface area (Å²) in [6.07, 6.45) is 3.81. The highest BCUT2D eigenvalue weighted by Crippen LogP contribution is 2.27. The Morgan fingerprint density at radius 1 is 1.26 bits per heavy atom. The number of hydrogen-bond acceptors (Lipinski definition) is 4. The molecule has 1 saturated heterocycles. The first-order chi connectivity index (χ1) is 13.2. The van der Waals surface area contributed by atoms with Crippen molar-refractivity contribution in [2.75, 3.05) is 19.7 Å². The van der Waals surface area contributed by atoms with Crippen LogP contribution < -0.4 is 4.74 Å². The Hall–Kier alpha value is -2.31. The van der Waals surface area contributed by atoms with Gasteiger partial charge in [0.2, 0.25) is 0 Å². The van der Waals surface area contributed by atoms with Crippen LogP contribution in [0.25, 0.3) is 0 Å². The van der Waals surface area contributed by atoms with E-state index in [1.54, 1.807) is 0 Å². The highest BCUT2D eigenvalue weighted by Gasteiger charge is 2.26. The largest absolute Gasteiger partial charge is 0.493 e. The number of nitrogens with one attached hydrogen (secondary N) is 1. The summed E-state index contributed by atoms with van der Waals surface area (Å²) in [4.78, 5) is 2.47. The van der Waals surface area contributed by atoms with Gasteiger partial charge >= 0.3 is 0 Å². The molecule has 0 radical (unpaired) electrons. The molecule has 3 aromatic rings. The lowest BCUT2D eigenvalue weighted by Crippen LogP contribution is -2.21. The van der Waals surface area contributed by atoms with Crippen molar-refractivity contribution in [1.29, 1.82) is 0 Å². The minimum atomic E-state index is 0.486. The predicted molar refractivity (Wildman–Crippen MR) is 105 cm³/mol. The minimum Gasteiger partial charge on any atom is -0.493 e. The first-order valence-corrected chi connectivity index (χ1v) is 9.67. The van der Waals surface area contributed by atoms with Crippen LogP contribution >= 0.6 is 11.6 Å². The second-order valence-electron chi connectivity index (χ2n) is 7.04. The van der Waals surface area contributed by atoms with E-state index in [9.17, 15) is 0 Å². The Morgan fingerprint density at radius 3 is 2.89 bits per heavy atom. The van der Waals surface area contributed by atoms with E-state index in [4.69, 9.17) is 16.3 Å². The molecule has 27 heavy (non-hydrogen) atoms. The van der Waals surface area contributed by atoms with E-state index in [1.165, 1.54) is 5.69 Å². The van der Waals surface area contributed by atoms with Crippen LogP contribution in [-0.2, 0) is 20.0 Å². The Balaban J connectivity index is 1.26. The van der Waals surface area contributed by atoms with Gasteiger partial charge in [0.05, 0.1) is 18.0 Å². The number of benzene rings is 1. The van der Waals surface area contributed by atoms with Crippen molar-refractivity contribution in [2.24, 2.45) is 7.05 Å². The third-order valence-electron chi connectivity index (χ3n) is 5.10. The molecule has 1 aliphatic heterocycles. The number of aromatic nitrogens is 4. The number of nitrogens with zero attached hydrogens (tertiary/aromatic N) is 4. The summed E-state index contributed by atoms with van der Waals surface area (Å²) in [5, 5.41) is 12.7. The van der Waals surface area contributed by atoms with Gasteiger partial charge in [0, 0.05) is 49.4 Å². The summed E-state index contributed by atoms with van der Waals surface area (Å²) in [7, 11) is 2.00. The van der Waals surface area contributed by atoms with Gasteiger partial charge in [0.25, 0.3) is 0 Å². The third-order valence-corrected chi connectivity index (χ3v) is 5.36. The van der Waals surface area contributed by atoms with Crippen LogP contribution in [0.4, 0.5) is 0 Å². The van der Waals surface area contributed by atoms with Gasteiger partial charge < -0.3 is 4.74 Å². The Morgan fingerprint density at radius 2 is 2.11 bits per heavy atom. The average molecular weight is 386 g/mol. The molecule has 1 fully saturated rings. The fraction of sp³-hybridized carbons (Fsp3) is 0.400. The molecule has 1 aliphatic rings. The second kappa shape index (κ2) is 8.15. The van der Waals surface area contributed by atoms with E-state index in [0.717, 1.165) is 54.6 Å². The van der Waals surface area contributed by atoms with E-state index in [-0.39, 0.29) is 0 Å². The van der Waals surface area contributed by atoms with Gasteiger partial charge in [-0.15, -0.1) is 0 Å². The Kier molecular flexibility index (Phi) is 5.45. The van der Waals surface area contributed by atoms with E-state index >= 15 is 0 Å². The van der Waals surface area contributed by atoms with Crippen LogP contribution in [-0.4, -0.2) is 44.6 Å². The monoisotopic (exact) mass is 385 g/mol. The van der Waals surface area contributed by atoms with Gasteiger partial charge in [-0.2, -0.15) is 10.2 Å². The lowest BCUT2D eigenvalue weighted by atomic mass is 10.0. The number of H-pyrrole nitrogens is 1. The van der Waals surface area contributed by atoms with E-state index in [1.807, 2.05) is 42.2 Å². The quantitative estimate of drug-likeness (QED) is 0.677. The minimum absolute atomic E-state index is 0.486. The van der Waals surface area contributed by atoms with Gasteiger partial charge in [-0.3, -0.25) is 14.7 Å². The number of aryl methyl sites for hydroxylation is 1. The zero-order chi connectivity index (χ0) is 18.6. The lowest BCUT2D eigenvalue weighted by molar-refractivity contribution is 0.316. The topological polar surface area (TPSA) is 59.0 Å². The number of rotatable bonds is 7. The molecule has 6 nitrogen and oxygen atoms in total. The Labute approximate surface area is 164 Å². The third kappa shape index (κ3) is 4.51. The smallest absolute Gasteiger partial charge is 0.119 e. The molecule has 1 atom stereocenters. The van der Waals surface area contributed by atoms with Crippen molar-refractivity contribution < 1.29 is 4.74 Å². The fourth-order valence-corrected chi connectivity index (χ4v) is 3.66. The first-order valence-electron chi connectivity index (χ1n) is 9.29. The van der Waals surface area contributed by atoms with Crippen LogP contribution in [0, 0.1) is 0 Å². The molecule has 2 aromatic heterocycles. The molecule has 0 spiro atoms. The average Bonchev–Trinajstić information content (AvgIpc) is 3.39. The highest BCUT2D eigenvalue weighted by atomic mass is 35.5. The molecule has 7 heteroatoms. The van der Waals surface area contributed by atoms with Crippen molar-refractivity contribution in [3.05, 3.63) is 64.7 Å². The van der Waals surface area contributed by atoms with Crippen molar-refractivity contribution in [1.82, 2.24) is 24.9 Å². The molecular formula is C20H24ClN5O. The lowest BCUT2D eigenvalue weighted by Gasteiger charge is -2.15. The normalized spacial score (nSPS) is 17.5. The SMILES string of the molecule is Cn1nccc1CN1CC[C@H](c2cc(CCOc3ccc(Cl)cc3)[nH]n2)C1. The number of ether oxygens (including phenoxy) is 1. The van der Waals surface area contributed by atoms with Crippen molar-refractivity contribution >= 4 is 11.6 Å². The molecule has 4 rings (SSSR count). The Bertz CT molecular complexity index is 873. The summed E-state index contributed by atoms with van der Waals surface area (Å²) in [6, 6.07) is 11.7. The first kappa shape index (κ1) is 18.1. The number of likely N-dealkylation sites (tertiary alicyclic amines) is 1. The summed E-state index contributed by atoms with van der Waals surface area (Å²) < 4.78 is 7.71. The molecule has 0 aliphatic carbocycles. The maximum absolute atomic E-state index is 5.89. The number of aromatic amines is 1. The second-order valence-corrected chi connectivity index (χ2v) is 7.47. The van der Waals surface area contributed by atoms with E-state index in [0.29, 0.717) is 12.5 Å². The van der Waals surface area contributed by atoms with Gasteiger partial charge in [-0.25, -0.2) is 0 Å². The summed E-state index contributed by atoms with van der Waals surface area (Å²) in [5.74, 6) is 1.32. The summed E-state index contributed by atoms with van der Waals surface area (Å²) >= 11 is 5.89. The molecule has 142 valence electrons. The van der Waals surface area contributed by atoms with Crippen molar-refractivity contribution in [2.45, 2.75) is 25.3 Å². The molecule has 0 amide bonds. The maximum Gasteiger partial charge on any atom is 0.119 e. The summed E-state index contributed by atoms with van der Waals surface area (Å²) in [5.41, 5.74) is 3.52. The zero-order valence-corrected chi connectivity index (χ0v) is 16.2. The van der Waals surface area contributed by atoms with Gasteiger partial charge in [-0.05, 0) is 49.4 Å². The van der Waals surface area contributed by atoms with Crippen LogP contribution in [0.5, 0.6) is 5.75 Å². The molecule has 3 heterocycles. The molecular weight excluding hydrogens is 362 g/mol. The van der Waals surface area contributed by atoms with Gasteiger partial charge in [0.1, 0.15) is 5.75 Å². The molecule has 1 aromatic carbocycles. The van der Waals surface area contributed by atoms with Crippen LogP contribution in [0.2, 0.25) is 5.02 Å². The van der Waals surface area contributed by atoms with E-state index < -0.39 is 0 Å². The van der Waals surface area contributed by atoms with Crippen LogP contribution in [0.15, 0.2) is 42.6 Å². The number of halogens is 1. The standard InChI is InChI=1S/C20H24ClN5O/c1-25-18(6-9-22-25)14-26-10-7-15(13-26)20-12-17(23-24-20)8-11-27-19-4-2-16(21)3-5-19/h2-6,9,12,15H,7-8,10-11,13-14H2,1H3,(H,23,24)/t15-/m0/s1. The van der Waals surface area contributed by atoms with Crippen molar-refractivity contribution in [3.8, 4) is 5.75 Å². The summed E-state index contributed by atoms with van der Waals surface area (Å²) in [6.45, 7) is 3.69. The van der Waals surface area contributed by atoms with Gasteiger partial charge in [-0.1, -0.05) is 11.6 Å². The highest BCUT2D eigenvalue weighted by molar-refractivity contribution is 6.30. The molecule has 1 N–H and O–H groups in total. The zero-order valence-electron chi connectivity index (χ0n) is 15.4. The number of hydrogen-bond donors (Lipinski definition) is 1. The van der Waals surface area contributed by atoms with E-state index in [2.05, 4.69) is 32.3 Å². The molecule has 0 saturated carbocycles. The van der Waals surface area contributed by atoms with Crippen LogP contribution in [0.3, 0.4) is 0 Å². The molecule has 0 unspecified atom stereocenters. The molecule has 0 bridgehead atoms. The van der Waals surface area contributed by atoms with Crippen molar-refractivity contribution in [3.63, 3.8) is 0 Å². The maximum atomic E-state index is 5.89. The fourth-order valence-electron chi connectivity index (χ4n) is 3.53. The van der Waals surface area contributed by atoms with Crippen LogP contribution in [0.1, 0.15) is 29.4 Å².